The predicted molar refractivity (Wildman–Crippen MR) is 59.3 cm³/mol. The summed E-state index contributed by atoms with van der Waals surface area (Å²) in [5.74, 6) is 0. The third-order valence-electron chi connectivity index (χ3n) is 2.62. The van der Waals surface area contributed by atoms with Gasteiger partial charge in [0.05, 0.1) is 11.3 Å². The summed E-state index contributed by atoms with van der Waals surface area (Å²) in [6.45, 7) is -0.534. The summed E-state index contributed by atoms with van der Waals surface area (Å²) in [5, 5.41) is 6.50. The minimum absolute atomic E-state index is 0.303. The molecule has 0 spiro atoms. The molecule has 1 heterocycles. The molecular formula is C11H8F6N4. The fraction of sp³-hybridized carbons (Fsp3) is 0.273. The minimum atomic E-state index is -4.84. The fourth-order valence-corrected chi connectivity index (χ4v) is 1.73. The number of aromatic nitrogens is 3. The van der Waals surface area contributed by atoms with E-state index in [-0.39, 0.29) is 0 Å². The lowest BCUT2D eigenvalue weighted by atomic mass is 10.2. The highest BCUT2D eigenvalue weighted by molar-refractivity contribution is 5.38. The van der Waals surface area contributed by atoms with Crippen LogP contribution in [0.25, 0.3) is 5.69 Å². The van der Waals surface area contributed by atoms with Crippen molar-refractivity contribution in [3.63, 3.8) is 0 Å². The van der Waals surface area contributed by atoms with Crippen LogP contribution in [0.4, 0.5) is 26.3 Å². The maximum Gasteiger partial charge on any atom is 0.435 e. The van der Waals surface area contributed by atoms with Crippen molar-refractivity contribution in [2.24, 2.45) is 5.73 Å². The lowest BCUT2D eigenvalue weighted by Gasteiger charge is -2.12. The van der Waals surface area contributed by atoms with Crippen LogP contribution >= 0.6 is 0 Å². The molecule has 0 aliphatic carbocycles. The Hall–Kier alpha value is -2.10. The van der Waals surface area contributed by atoms with Crippen molar-refractivity contribution in [2.75, 3.05) is 0 Å². The Labute approximate surface area is 114 Å². The van der Waals surface area contributed by atoms with Gasteiger partial charge in [-0.3, -0.25) is 0 Å². The van der Waals surface area contributed by atoms with E-state index in [1.165, 1.54) is 0 Å². The van der Waals surface area contributed by atoms with Gasteiger partial charge in [0.25, 0.3) is 0 Å². The average Bonchev–Trinajstić information content (AvgIpc) is 2.81. The summed E-state index contributed by atoms with van der Waals surface area (Å²) in [6, 6.07) is 3.36. The van der Waals surface area contributed by atoms with E-state index in [2.05, 4.69) is 10.3 Å². The third kappa shape index (κ3) is 2.99. The van der Waals surface area contributed by atoms with Gasteiger partial charge in [0, 0.05) is 6.54 Å². The van der Waals surface area contributed by atoms with Gasteiger partial charge in [-0.1, -0.05) is 11.3 Å². The SMILES string of the molecule is NCc1nnn(-c2cccc(C(F)(F)F)c2)c1C(F)(F)F. The highest BCUT2D eigenvalue weighted by atomic mass is 19.4. The second kappa shape index (κ2) is 5.02. The molecule has 1 aromatic carbocycles. The molecule has 0 saturated carbocycles. The molecule has 0 atom stereocenters. The molecule has 0 aliphatic rings. The topological polar surface area (TPSA) is 56.7 Å². The van der Waals surface area contributed by atoms with Crippen LogP contribution in [0.15, 0.2) is 24.3 Å². The second-order valence-corrected chi connectivity index (χ2v) is 4.05. The number of benzene rings is 1. The highest BCUT2D eigenvalue weighted by Gasteiger charge is 2.39. The Kier molecular flexibility index (Phi) is 3.66. The van der Waals surface area contributed by atoms with E-state index in [1.807, 2.05) is 0 Å². The molecular weight excluding hydrogens is 302 g/mol. The van der Waals surface area contributed by atoms with Gasteiger partial charge in [-0.05, 0) is 18.2 Å². The molecule has 0 amide bonds. The van der Waals surface area contributed by atoms with Crippen molar-refractivity contribution in [1.82, 2.24) is 15.0 Å². The summed E-state index contributed by atoms with van der Waals surface area (Å²) in [6.07, 6.45) is -9.52. The Morgan fingerprint density at radius 1 is 1.05 bits per heavy atom. The fourth-order valence-electron chi connectivity index (χ4n) is 1.73. The van der Waals surface area contributed by atoms with E-state index in [4.69, 9.17) is 5.73 Å². The zero-order valence-electron chi connectivity index (χ0n) is 10.2. The number of rotatable bonds is 2. The van der Waals surface area contributed by atoms with Gasteiger partial charge >= 0.3 is 12.4 Å². The van der Waals surface area contributed by atoms with Gasteiger partial charge in [0.1, 0.15) is 5.69 Å². The van der Waals surface area contributed by atoms with Gasteiger partial charge in [-0.25, -0.2) is 4.68 Å². The largest absolute Gasteiger partial charge is 0.435 e. The van der Waals surface area contributed by atoms with Crippen molar-refractivity contribution in [1.29, 1.82) is 0 Å². The molecule has 0 radical (unpaired) electrons. The molecule has 114 valence electrons. The Morgan fingerprint density at radius 2 is 1.71 bits per heavy atom. The molecule has 10 heteroatoms. The van der Waals surface area contributed by atoms with Crippen LogP contribution in [0, 0.1) is 0 Å². The third-order valence-corrected chi connectivity index (χ3v) is 2.62. The normalized spacial score (nSPS) is 12.7. The lowest BCUT2D eigenvalue weighted by molar-refractivity contribution is -0.143. The summed E-state index contributed by atoms with van der Waals surface area (Å²) in [7, 11) is 0. The smallest absolute Gasteiger partial charge is 0.325 e. The van der Waals surface area contributed by atoms with E-state index < -0.39 is 41.5 Å². The highest BCUT2D eigenvalue weighted by Crippen LogP contribution is 2.34. The van der Waals surface area contributed by atoms with Gasteiger partial charge in [0.15, 0.2) is 5.69 Å². The molecule has 0 unspecified atom stereocenters. The van der Waals surface area contributed by atoms with Crippen molar-refractivity contribution < 1.29 is 26.3 Å². The number of halogens is 6. The molecule has 4 nitrogen and oxygen atoms in total. The molecule has 1 aromatic heterocycles. The minimum Gasteiger partial charge on any atom is -0.325 e. The number of alkyl halides is 6. The van der Waals surface area contributed by atoms with Gasteiger partial charge < -0.3 is 5.73 Å². The number of hydrogen-bond donors (Lipinski definition) is 1. The Balaban J connectivity index is 2.61. The zero-order chi connectivity index (χ0) is 15.8. The van der Waals surface area contributed by atoms with Crippen molar-refractivity contribution >= 4 is 0 Å². The number of nitrogens with zero attached hydrogens (tertiary/aromatic N) is 3. The number of hydrogen-bond acceptors (Lipinski definition) is 3. The second-order valence-electron chi connectivity index (χ2n) is 4.05. The van der Waals surface area contributed by atoms with Crippen LogP contribution in [-0.4, -0.2) is 15.0 Å². The molecule has 21 heavy (non-hydrogen) atoms. The van der Waals surface area contributed by atoms with E-state index >= 15 is 0 Å². The first kappa shape index (κ1) is 15.3. The molecule has 2 rings (SSSR count). The molecule has 0 saturated heterocycles. The van der Waals surface area contributed by atoms with Crippen molar-refractivity contribution in [2.45, 2.75) is 18.9 Å². The van der Waals surface area contributed by atoms with Gasteiger partial charge in [-0.15, -0.1) is 5.10 Å². The number of nitrogens with two attached hydrogens (primary N) is 1. The van der Waals surface area contributed by atoms with Crippen LogP contribution in [0.5, 0.6) is 0 Å². The monoisotopic (exact) mass is 310 g/mol. The summed E-state index contributed by atoms with van der Waals surface area (Å²) in [4.78, 5) is 0. The van der Waals surface area contributed by atoms with Crippen LogP contribution < -0.4 is 5.73 Å². The molecule has 0 fully saturated rings. The van der Waals surface area contributed by atoms with Crippen LogP contribution in [0.1, 0.15) is 17.0 Å². The first-order chi connectivity index (χ1) is 9.64. The maximum atomic E-state index is 13.0. The molecule has 0 aliphatic heterocycles. The Bertz CT molecular complexity index is 643. The summed E-state index contributed by atoms with van der Waals surface area (Å²) in [5.41, 5.74) is 1.83. The van der Waals surface area contributed by atoms with E-state index in [0.717, 1.165) is 18.2 Å². The van der Waals surface area contributed by atoms with Gasteiger partial charge in [-0.2, -0.15) is 26.3 Å². The first-order valence-corrected chi connectivity index (χ1v) is 5.54. The summed E-state index contributed by atoms with van der Waals surface area (Å²) >= 11 is 0. The predicted octanol–water partition coefficient (Wildman–Crippen LogP) is 2.76. The maximum absolute atomic E-state index is 13.0. The van der Waals surface area contributed by atoms with Gasteiger partial charge in [0.2, 0.25) is 0 Å². The van der Waals surface area contributed by atoms with Crippen LogP contribution in [0.3, 0.4) is 0 Å². The standard InChI is InChI=1S/C11H8F6N4/c12-10(13,14)6-2-1-3-7(4-6)21-9(11(15,16)17)8(5-18)19-20-21/h1-4H,5,18H2. The molecule has 2 N–H and O–H groups in total. The molecule has 2 aromatic rings. The van der Waals surface area contributed by atoms with E-state index in [0.29, 0.717) is 10.7 Å². The molecule has 0 bridgehead atoms. The Morgan fingerprint density at radius 3 is 2.24 bits per heavy atom. The average molecular weight is 310 g/mol. The first-order valence-electron chi connectivity index (χ1n) is 5.54. The van der Waals surface area contributed by atoms with E-state index in [1.54, 1.807) is 0 Å². The van der Waals surface area contributed by atoms with Crippen LogP contribution in [0.2, 0.25) is 0 Å². The van der Waals surface area contributed by atoms with Crippen molar-refractivity contribution in [3.8, 4) is 5.69 Å². The van der Waals surface area contributed by atoms with E-state index in [9.17, 15) is 26.3 Å². The zero-order valence-corrected chi connectivity index (χ0v) is 10.2. The lowest BCUT2D eigenvalue weighted by Crippen LogP contribution is -2.17. The van der Waals surface area contributed by atoms with Crippen LogP contribution in [-0.2, 0) is 18.9 Å². The van der Waals surface area contributed by atoms with Crippen molar-refractivity contribution in [3.05, 3.63) is 41.2 Å². The quantitative estimate of drug-likeness (QED) is 0.868. The summed E-state index contributed by atoms with van der Waals surface area (Å²) < 4.78 is 77.0.